The first-order valence-electron chi connectivity index (χ1n) is 6.17. The fourth-order valence-corrected chi connectivity index (χ4v) is 2.50. The molecule has 0 saturated carbocycles. The van der Waals surface area contributed by atoms with Gasteiger partial charge in [0.15, 0.2) is 0 Å². The number of rotatable bonds is 6. The molecule has 96 valence electrons. The molecule has 0 heterocycles. The molecule has 0 amide bonds. The van der Waals surface area contributed by atoms with Gasteiger partial charge < -0.3 is 0 Å². The van der Waals surface area contributed by atoms with E-state index in [1.807, 2.05) is 0 Å². The van der Waals surface area contributed by atoms with Crippen molar-refractivity contribution in [3.63, 3.8) is 0 Å². The van der Waals surface area contributed by atoms with Crippen LogP contribution in [0.4, 0.5) is 0 Å². The zero-order valence-electron chi connectivity index (χ0n) is 11.0. The molecule has 1 aromatic rings. The fourth-order valence-electron chi connectivity index (χ4n) is 2.35. The van der Waals surface area contributed by atoms with Crippen molar-refractivity contribution >= 4 is 11.6 Å². The Morgan fingerprint density at radius 2 is 1.82 bits per heavy atom. The minimum Gasteiger partial charge on any atom is -0.271 e. The van der Waals surface area contributed by atoms with E-state index in [0.717, 1.165) is 19.3 Å². The third-order valence-electron chi connectivity index (χ3n) is 3.21. The third-order valence-corrected chi connectivity index (χ3v) is 3.48. The van der Waals surface area contributed by atoms with E-state index in [1.165, 1.54) is 22.3 Å². The van der Waals surface area contributed by atoms with Crippen LogP contribution in [0.3, 0.4) is 0 Å². The zero-order chi connectivity index (χ0) is 12.8. The lowest BCUT2D eigenvalue weighted by Gasteiger charge is -2.19. The highest BCUT2D eigenvalue weighted by atomic mass is 35.5. The quantitative estimate of drug-likeness (QED) is 0.465. The van der Waals surface area contributed by atoms with Crippen molar-refractivity contribution in [2.45, 2.75) is 46.1 Å². The van der Waals surface area contributed by atoms with Crippen LogP contribution < -0.4 is 11.3 Å². The molecule has 0 radical (unpaired) electrons. The number of hydrazine groups is 1. The van der Waals surface area contributed by atoms with Gasteiger partial charge in [-0.25, -0.2) is 0 Å². The van der Waals surface area contributed by atoms with Gasteiger partial charge in [-0.3, -0.25) is 11.3 Å². The van der Waals surface area contributed by atoms with Gasteiger partial charge in [-0.15, -0.1) is 11.6 Å². The molecule has 1 aromatic carbocycles. The Morgan fingerprint density at radius 1 is 1.24 bits per heavy atom. The van der Waals surface area contributed by atoms with Crippen LogP contribution in [-0.2, 0) is 6.42 Å². The van der Waals surface area contributed by atoms with Gasteiger partial charge in [0.1, 0.15) is 0 Å². The monoisotopic (exact) mass is 254 g/mol. The molecule has 0 aliphatic carbocycles. The van der Waals surface area contributed by atoms with E-state index < -0.39 is 0 Å². The number of hydrogen-bond acceptors (Lipinski definition) is 2. The number of halogens is 1. The molecule has 0 spiro atoms. The SMILES string of the molecule is Cc1cc(C)c(CC(CCCCl)NN)c(C)c1. The average Bonchev–Trinajstić information content (AvgIpc) is 2.27. The molecule has 3 heteroatoms. The van der Waals surface area contributed by atoms with Gasteiger partial charge >= 0.3 is 0 Å². The summed E-state index contributed by atoms with van der Waals surface area (Å²) in [6, 6.07) is 4.78. The van der Waals surface area contributed by atoms with E-state index in [1.54, 1.807) is 0 Å². The van der Waals surface area contributed by atoms with E-state index >= 15 is 0 Å². The Labute approximate surface area is 110 Å². The predicted molar refractivity (Wildman–Crippen MR) is 75.4 cm³/mol. The number of benzene rings is 1. The number of aryl methyl sites for hydroxylation is 3. The van der Waals surface area contributed by atoms with Crippen molar-refractivity contribution in [3.05, 3.63) is 34.4 Å². The Balaban J connectivity index is 2.78. The third kappa shape index (κ3) is 4.30. The van der Waals surface area contributed by atoms with Crippen LogP contribution in [0.25, 0.3) is 0 Å². The van der Waals surface area contributed by atoms with Crippen LogP contribution in [0.2, 0.25) is 0 Å². The maximum Gasteiger partial charge on any atom is 0.0251 e. The molecule has 17 heavy (non-hydrogen) atoms. The van der Waals surface area contributed by atoms with Gasteiger partial charge in [-0.05, 0) is 56.7 Å². The van der Waals surface area contributed by atoms with Crippen molar-refractivity contribution in [1.29, 1.82) is 0 Å². The lowest BCUT2D eigenvalue weighted by molar-refractivity contribution is 0.485. The summed E-state index contributed by atoms with van der Waals surface area (Å²) < 4.78 is 0. The number of hydrogen-bond donors (Lipinski definition) is 2. The minimum absolute atomic E-state index is 0.314. The van der Waals surface area contributed by atoms with Gasteiger partial charge in [0.25, 0.3) is 0 Å². The standard InChI is InChI=1S/C14H23ClN2/c1-10-7-11(2)14(12(3)8-10)9-13(17-16)5-4-6-15/h7-8,13,17H,4-6,9,16H2,1-3H3. The van der Waals surface area contributed by atoms with Crippen LogP contribution in [0.1, 0.15) is 35.1 Å². The van der Waals surface area contributed by atoms with Crippen molar-refractivity contribution in [1.82, 2.24) is 5.43 Å². The van der Waals surface area contributed by atoms with Crippen LogP contribution in [0.15, 0.2) is 12.1 Å². The molecule has 0 aliphatic heterocycles. The van der Waals surface area contributed by atoms with Crippen LogP contribution in [0, 0.1) is 20.8 Å². The zero-order valence-corrected chi connectivity index (χ0v) is 11.8. The maximum absolute atomic E-state index is 5.72. The summed E-state index contributed by atoms with van der Waals surface area (Å²) in [6.07, 6.45) is 3.00. The summed E-state index contributed by atoms with van der Waals surface area (Å²) in [6.45, 7) is 6.48. The normalized spacial score (nSPS) is 12.8. The van der Waals surface area contributed by atoms with E-state index in [0.29, 0.717) is 11.9 Å². The van der Waals surface area contributed by atoms with E-state index in [9.17, 15) is 0 Å². The molecular formula is C14H23ClN2. The highest BCUT2D eigenvalue weighted by Gasteiger charge is 2.11. The number of nitrogens with two attached hydrogens (primary N) is 1. The lowest BCUT2D eigenvalue weighted by Crippen LogP contribution is -2.37. The molecule has 0 aliphatic rings. The van der Waals surface area contributed by atoms with Crippen molar-refractivity contribution in [2.75, 3.05) is 5.88 Å². The van der Waals surface area contributed by atoms with Gasteiger partial charge in [0.05, 0.1) is 0 Å². The average molecular weight is 255 g/mol. The molecule has 0 saturated heterocycles. The summed E-state index contributed by atoms with van der Waals surface area (Å²) in [5.74, 6) is 6.30. The van der Waals surface area contributed by atoms with Gasteiger partial charge in [0, 0.05) is 11.9 Å². The Kier molecular flexibility index (Phi) is 5.96. The molecule has 1 unspecified atom stereocenters. The molecular weight excluding hydrogens is 232 g/mol. The van der Waals surface area contributed by atoms with Gasteiger partial charge in [0.2, 0.25) is 0 Å². The topological polar surface area (TPSA) is 38.0 Å². The first-order chi connectivity index (χ1) is 8.08. The molecule has 0 fully saturated rings. The summed E-state index contributed by atoms with van der Waals surface area (Å²) in [7, 11) is 0. The summed E-state index contributed by atoms with van der Waals surface area (Å²) in [5, 5.41) is 0. The second-order valence-electron chi connectivity index (χ2n) is 4.78. The second kappa shape index (κ2) is 7.00. The van der Waals surface area contributed by atoms with E-state index in [2.05, 4.69) is 38.3 Å². The Bertz CT molecular complexity index is 340. The maximum atomic E-state index is 5.72. The smallest absolute Gasteiger partial charge is 0.0251 e. The lowest BCUT2D eigenvalue weighted by atomic mass is 9.93. The van der Waals surface area contributed by atoms with E-state index in [4.69, 9.17) is 17.4 Å². The molecule has 1 rings (SSSR count). The second-order valence-corrected chi connectivity index (χ2v) is 5.15. The Hall–Kier alpha value is -0.570. The predicted octanol–water partition coefficient (Wildman–Crippen LogP) is 3.01. The molecule has 3 N–H and O–H groups in total. The van der Waals surface area contributed by atoms with Crippen molar-refractivity contribution < 1.29 is 0 Å². The summed E-state index contributed by atoms with van der Waals surface area (Å²) >= 11 is 5.72. The largest absolute Gasteiger partial charge is 0.271 e. The van der Waals surface area contributed by atoms with Gasteiger partial charge in [-0.1, -0.05) is 17.7 Å². The van der Waals surface area contributed by atoms with Gasteiger partial charge in [-0.2, -0.15) is 0 Å². The molecule has 2 nitrogen and oxygen atoms in total. The molecule has 0 aromatic heterocycles. The first-order valence-corrected chi connectivity index (χ1v) is 6.70. The number of alkyl halides is 1. The Morgan fingerprint density at radius 3 is 2.29 bits per heavy atom. The van der Waals surface area contributed by atoms with Crippen molar-refractivity contribution in [2.24, 2.45) is 5.84 Å². The fraction of sp³-hybridized carbons (Fsp3) is 0.571. The molecule has 1 atom stereocenters. The molecule has 0 bridgehead atoms. The van der Waals surface area contributed by atoms with Crippen LogP contribution in [0.5, 0.6) is 0 Å². The summed E-state index contributed by atoms with van der Waals surface area (Å²) in [4.78, 5) is 0. The van der Waals surface area contributed by atoms with Crippen LogP contribution >= 0.6 is 11.6 Å². The minimum atomic E-state index is 0.314. The van der Waals surface area contributed by atoms with Crippen molar-refractivity contribution in [3.8, 4) is 0 Å². The van der Waals surface area contributed by atoms with E-state index in [-0.39, 0.29) is 0 Å². The highest BCUT2D eigenvalue weighted by molar-refractivity contribution is 6.17. The first kappa shape index (κ1) is 14.5. The number of nitrogens with one attached hydrogen (secondary N) is 1. The van der Waals surface area contributed by atoms with Crippen LogP contribution in [-0.4, -0.2) is 11.9 Å². The summed E-state index contributed by atoms with van der Waals surface area (Å²) in [5.41, 5.74) is 8.34. The highest BCUT2D eigenvalue weighted by Crippen LogP contribution is 2.19.